The summed E-state index contributed by atoms with van der Waals surface area (Å²) in [5.41, 5.74) is 1.50. The number of nitrogens with zero attached hydrogens (tertiary/aromatic N) is 4. The van der Waals surface area contributed by atoms with Crippen molar-refractivity contribution in [2.75, 3.05) is 24.7 Å². The van der Waals surface area contributed by atoms with Crippen molar-refractivity contribution in [3.8, 4) is 17.2 Å². The van der Waals surface area contributed by atoms with E-state index in [4.69, 9.17) is 5.84 Å². The van der Waals surface area contributed by atoms with Crippen LogP contribution in [0.25, 0.3) is 21.9 Å². The molecular weight excluding hydrogens is 433 g/mol. The smallest absolute Gasteiger partial charge is 0.230 e. The number of carbonyl (C=O) groups excluding carboxylic acids is 1. The van der Waals surface area contributed by atoms with Crippen molar-refractivity contribution in [3.63, 3.8) is 0 Å². The van der Waals surface area contributed by atoms with E-state index in [1.54, 1.807) is 42.2 Å². The third kappa shape index (κ3) is 4.45. The largest absolute Gasteiger partial charge is 0.395 e. The Bertz CT molecular complexity index is 1260. The Morgan fingerprint density at radius 1 is 1.26 bits per heavy atom. The third-order valence-electron chi connectivity index (χ3n) is 6.55. The first-order valence-corrected chi connectivity index (χ1v) is 11.3. The molecule has 2 heterocycles. The average molecular weight is 462 g/mol. The first-order chi connectivity index (χ1) is 16.2. The third-order valence-corrected chi connectivity index (χ3v) is 6.55. The summed E-state index contributed by atoms with van der Waals surface area (Å²) in [5.74, 6) is 6.04. The minimum atomic E-state index is -0.803. The summed E-state index contributed by atoms with van der Waals surface area (Å²) in [5, 5.41) is 22.3. The van der Waals surface area contributed by atoms with Crippen LogP contribution in [-0.4, -0.2) is 46.6 Å². The number of halogens is 1. The van der Waals surface area contributed by atoms with Gasteiger partial charge in [0.15, 0.2) is 0 Å². The van der Waals surface area contributed by atoms with Crippen LogP contribution in [0.3, 0.4) is 0 Å². The minimum absolute atomic E-state index is 0.00262. The molecule has 0 unspecified atom stereocenters. The van der Waals surface area contributed by atoms with Crippen molar-refractivity contribution in [1.82, 2.24) is 9.88 Å². The molecule has 1 aromatic heterocycles. The highest BCUT2D eigenvalue weighted by Crippen LogP contribution is 2.35. The number of benzene rings is 2. The van der Waals surface area contributed by atoms with Gasteiger partial charge in [0, 0.05) is 36.9 Å². The molecule has 0 bridgehead atoms. The summed E-state index contributed by atoms with van der Waals surface area (Å²) in [4.78, 5) is 18.8. The van der Waals surface area contributed by atoms with Crippen molar-refractivity contribution < 1.29 is 14.3 Å². The summed E-state index contributed by atoms with van der Waals surface area (Å²) in [7, 11) is 0. The predicted octanol–water partition coefficient (Wildman–Crippen LogP) is 3.60. The summed E-state index contributed by atoms with van der Waals surface area (Å²) >= 11 is 0. The standard InChI is InChI=1S/C26H28FN5O2/c1-26(2,16-33)25(34)31-9-6-21(7-10-31)32(29)24-13-19(12-18-5-8-30-15-22(18)24)17-3-4-23(27)20(11-17)14-28/h3-5,8,11-13,15,21,33H,6-7,9-10,16,29H2,1-2H3. The Labute approximate surface area is 198 Å². The molecule has 7 nitrogen and oxygen atoms in total. The lowest BCUT2D eigenvalue weighted by atomic mass is 9.91. The van der Waals surface area contributed by atoms with E-state index in [1.165, 1.54) is 12.1 Å². The molecular formula is C26H28FN5O2. The molecule has 1 saturated heterocycles. The maximum Gasteiger partial charge on any atom is 0.230 e. The second-order valence-corrected chi connectivity index (χ2v) is 9.37. The quantitative estimate of drug-likeness (QED) is 0.444. The van der Waals surface area contributed by atoms with Gasteiger partial charge in [-0.3, -0.25) is 9.78 Å². The predicted molar refractivity (Wildman–Crippen MR) is 129 cm³/mol. The van der Waals surface area contributed by atoms with Gasteiger partial charge < -0.3 is 15.0 Å². The molecule has 0 atom stereocenters. The van der Waals surface area contributed by atoms with Crippen molar-refractivity contribution in [2.24, 2.45) is 11.3 Å². The zero-order chi connectivity index (χ0) is 24.5. The number of pyridine rings is 1. The number of carbonyl (C=O) groups is 1. The van der Waals surface area contributed by atoms with E-state index in [0.717, 1.165) is 27.6 Å². The number of nitrogens with two attached hydrogens (primary N) is 1. The normalized spacial score (nSPS) is 14.8. The van der Waals surface area contributed by atoms with Gasteiger partial charge in [-0.25, -0.2) is 10.2 Å². The van der Waals surface area contributed by atoms with Crippen LogP contribution < -0.4 is 10.9 Å². The van der Waals surface area contributed by atoms with E-state index in [9.17, 15) is 19.6 Å². The molecule has 1 aliphatic rings. The Morgan fingerprint density at radius 2 is 2.00 bits per heavy atom. The van der Waals surface area contributed by atoms with Crippen LogP contribution in [0.5, 0.6) is 0 Å². The fourth-order valence-corrected chi connectivity index (χ4v) is 4.39. The number of hydrazine groups is 1. The van der Waals surface area contributed by atoms with E-state index in [0.29, 0.717) is 25.9 Å². The van der Waals surface area contributed by atoms with Gasteiger partial charge in [-0.05, 0) is 73.5 Å². The Balaban J connectivity index is 1.64. The number of aliphatic hydroxyl groups is 1. The van der Waals surface area contributed by atoms with Crippen molar-refractivity contribution in [1.29, 1.82) is 5.26 Å². The minimum Gasteiger partial charge on any atom is -0.395 e. The molecule has 3 aromatic rings. The van der Waals surface area contributed by atoms with Crippen LogP contribution in [0.2, 0.25) is 0 Å². The fourth-order valence-electron chi connectivity index (χ4n) is 4.39. The van der Waals surface area contributed by atoms with Crippen molar-refractivity contribution >= 4 is 22.4 Å². The number of amides is 1. The molecule has 1 amide bonds. The van der Waals surface area contributed by atoms with Crippen LogP contribution in [0.1, 0.15) is 32.3 Å². The van der Waals surface area contributed by atoms with E-state index in [1.807, 2.05) is 24.3 Å². The number of aromatic nitrogens is 1. The Hall–Kier alpha value is -3.54. The molecule has 1 aliphatic heterocycles. The zero-order valence-corrected chi connectivity index (χ0v) is 19.3. The zero-order valence-electron chi connectivity index (χ0n) is 19.3. The topological polar surface area (TPSA) is 106 Å². The molecule has 34 heavy (non-hydrogen) atoms. The van der Waals surface area contributed by atoms with Gasteiger partial charge in [-0.2, -0.15) is 5.26 Å². The highest BCUT2D eigenvalue weighted by Gasteiger charge is 2.34. The summed E-state index contributed by atoms with van der Waals surface area (Å²) < 4.78 is 13.9. The lowest BCUT2D eigenvalue weighted by Gasteiger charge is -2.40. The lowest BCUT2D eigenvalue weighted by Crippen LogP contribution is -2.52. The van der Waals surface area contributed by atoms with Gasteiger partial charge in [0.2, 0.25) is 5.91 Å². The summed E-state index contributed by atoms with van der Waals surface area (Å²) in [6.45, 7) is 4.40. The van der Waals surface area contributed by atoms with Crippen LogP contribution >= 0.6 is 0 Å². The van der Waals surface area contributed by atoms with Crippen molar-refractivity contribution in [3.05, 3.63) is 60.2 Å². The molecule has 0 saturated carbocycles. The maximum atomic E-state index is 13.9. The van der Waals surface area contributed by atoms with E-state index < -0.39 is 11.2 Å². The Morgan fingerprint density at radius 3 is 2.68 bits per heavy atom. The van der Waals surface area contributed by atoms with Crippen molar-refractivity contribution in [2.45, 2.75) is 32.7 Å². The Kier molecular flexibility index (Phi) is 6.51. The number of aliphatic hydroxyl groups excluding tert-OH is 1. The highest BCUT2D eigenvalue weighted by molar-refractivity contribution is 5.97. The number of anilines is 1. The van der Waals surface area contributed by atoms with Gasteiger partial charge in [0.1, 0.15) is 11.9 Å². The number of hydrogen-bond donors (Lipinski definition) is 2. The van der Waals surface area contributed by atoms with Gasteiger partial charge in [-0.15, -0.1) is 0 Å². The van der Waals surface area contributed by atoms with Crippen LogP contribution in [-0.2, 0) is 4.79 Å². The SMILES string of the molecule is CC(C)(CO)C(=O)N1CCC(N(N)c2cc(-c3ccc(F)c(C#N)c3)cc3ccncc23)CC1. The van der Waals surface area contributed by atoms with E-state index in [2.05, 4.69) is 4.98 Å². The first kappa shape index (κ1) is 23.6. The molecule has 2 aromatic carbocycles. The summed E-state index contributed by atoms with van der Waals surface area (Å²) in [6.07, 6.45) is 4.84. The van der Waals surface area contributed by atoms with Crippen LogP contribution in [0, 0.1) is 22.6 Å². The second kappa shape index (κ2) is 9.37. The average Bonchev–Trinajstić information content (AvgIpc) is 2.87. The molecule has 176 valence electrons. The molecule has 0 aliphatic carbocycles. The molecule has 3 N–H and O–H groups in total. The number of hydrogen-bond acceptors (Lipinski definition) is 6. The number of rotatable bonds is 5. The van der Waals surface area contributed by atoms with Gasteiger partial charge >= 0.3 is 0 Å². The van der Waals surface area contributed by atoms with E-state index in [-0.39, 0.29) is 24.1 Å². The number of piperidine rings is 1. The van der Waals surface area contributed by atoms with Gasteiger partial charge in [0.25, 0.3) is 0 Å². The fraction of sp³-hybridized carbons (Fsp3) is 0.346. The number of likely N-dealkylation sites (tertiary alicyclic amines) is 1. The van der Waals surface area contributed by atoms with Gasteiger partial charge in [0.05, 0.1) is 23.3 Å². The first-order valence-electron chi connectivity index (χ1n) is 11.3. The maximum absolute atomic E-state index is 13.9. The van der Waals surface area contributed by atoms with E-state index >= 15 is 0 Å². The number of nitriles is 1. The highest BCUT2D eigenvalue weighted by atomic mass is 19.1. The monoisotopic (exact) mass is 461 g/mol. The van der Waals surface area contributed by atoms with Gasteiger partial charge in [-0.1, -0.05) is 6.07 Å². The molecule has 1 fully saturated rings. The second-order valence-electron chi connectivity index (χ2n) is 9.37. The van der Waals surface area contributed by atoms with Crippen LogP contribution in [0.15, 0.2) is 48.8 Å². The number of fused-ring (bicyclic) bond motifs is 1. The molecule has 8 heteroatoms. The van der Waals surface area contributed by atoms with Crippen LogP contribution in [0.4, 0.5) is 10.1 Å². The molecule has 0 radical (unpaired) electrons. The molecule has 4 rings (SSSR count). The summed E-state index contributed by atoms with van der Waals surface area (Å²) in [6, 6.07) is 12.2. The molecule has 0 spiro atoms. The lowest BCUT2D eigenvalue weighted by molar-refractivity contribution is -0.143.